The highest BCUT2D eigenvalue weighted by molar-refractivity contribution is 7.90. The largest absolute Gasteiger partial charge is 0.478 e. The lowest BCUT2D eigenvalue weighted by atomic mass is 9.98. The van der Waals surface area contributed by atoms with Gasteiger partial charge in [-0.3, -0.25) is 14.2 Å². The van der Waals surface area contributed by atoms with Gasteiger partial charge in [0.05, 0.1) is 26.9 Å². The van der Waals surface area contributed by atoms with E-state index in [1.54, 1.807) is 0 Å². The van der Waals surface area contributed by atoms with Gasteiger partial charge in [-0.15, -0.1) is 0 Å². The van der Waals surface area contributed by atoms with Gasteiger partial charge in [0.25, 0.3) is 0 Å². The van der Waals surface area contributed by atoms with Gasteiger partial charge in [-0.1, -0.05) is 11.6 Å². The lowest BCUT2D eigenvalue weighted by Crippen LogP contribution is -2.13. The van der Waals surface area contributed by atoms with Crippen LogP contribution in [0.15, 0.2) is 23.1 Å². The molecule has 0 fully saturated rings. The highest BCUT2D eigenvalue weighted by atomic mass is 35.5. The Balaban J connectivity index is 2.31. The Kier molecular flexibility index (Phi) is 5.92. The summed E-state index contributed by atoms with van der Waals surface area (Å²) in [7, 11) is -1.17. The Bertz CT molecular complexity index is 1420. The van der Waals surface area contributed by atoms with Crippen molar-refractivity contribution >= 4 is 33.2 Å². The number of rotatable bonds is 5. The van der Waals surface area contributed by atoms with Crippen LogP contribution in [-0.4, -0.2) is 51.1 Å². The number of carboxylic acid groups (broad SMARTS) is 1. The molecule has 0 unspecified atom stereocenters. The summed E-state index contributed by atoms with van der Waals surface area (Å²) in [5.41, 5.74) is -3.72. The first kappa shape index (κ1) is 24.5. The Labute approximate surface area is 190 Å². The van der Waals surface area contributed by atoms with Gasteiger partial charge < -0.3 is 5.11 Å². The van der Waals surface area contributed by atoms with E-state index >= 15 is 0 Å². The van der Waals surface area contributed by atoms with Crippen LogP contribution in [-0.2, 0) is 30.1 Å². The van der Waals surface area contributed by atoms with Crippen molar-refractivity contribution in [3.05, 3.63) is 51.3 Å². The molecule has 2 aromatic heterocycles. The molecule has 2 heterocycles. The molecule has 0 atom stereocenters. The summed E-state index contributed by atoms with van der Waals surface area (Å²) in [6.45, 7) is 1.41. The van der Waals surface area contributed by atoms with Gasteiger partial charge in [0, 0.05) is 25.9 Å². The maximum Gasteiger partial charge on any atom is 0.436 e. The summed E-state index contributed by atoms with van der Waals surface area (Å²) in [5, 5.41) is 16.7. The highest BCUT2D eigenvalue weighted by Crippen LogP contribution is 2.38. The molecule has 33 heavy (non-hydrogen) atoms. The molecule has 0 amide bonds. The molecule has 0 saturated carbocycles. The highest BCUT2D eigenvalue weighted by Gasteiger charge is 2.43. The molecule has 0 radical (unpaired) electrons. The number of aromatic nitrogens is 4. The van der Waals surface area contributed by atoms with Gasteiger partial charge in [-0.2, -0.15) is 23.4 Å². The average Bonchev–Trinajstić information content (AvgIpc) is 3.15. The van der Waals surface area contributed by atoms with Gasteiger partial charge in [-0.05, 0) is 25.1 Å². The molecular formula is C19H16ClF3N4O5S. The topological polar surface area (TPSA) is 124 Å². The second-order valence-corrected chi connectivity index (χ2v) is 9.60. The quantitative estimate of drug-likeness (QED) is 0.529. The fourth-order valence-electron chi connectivity index (χ4n) is 3.44. The predicted molar refractivity (Wildman–Crippen MR) is 110 cm³/mol. The van der Waals surface area contributed by atoms with Crippen LogP contribution in [0.4, 0.5) is 13.2 Å². The SMILES string of the molecule is Cc1nn(C)c(-c2c(C(=O)O)c(C(F)(F)F)nn2C)c1C(=O)c1ccc(S(C)(=O)=O)cc1Cl. The Hall–Kier alpha value is -3.19. The van der Waals surface area contributed by atoms with Gasteiger partial charge in [0.1, 0.15) is 11.3 Å². The maximum atomic E-state index is 13.4. The molecular weight excluding hydrogens is 489 g/mol. The fraction of sp³-hybridized carbons (Fsp3) is 0.263. The number of ketones is 1. The fourth-order valence-corrected chi connectivity index (χ4v) is 4.42. The molecule has 9 nitrogen and oxygen atoms in total. The molecule has 1 aromatic carbocycles. The zero-order valence-corrected chi connectivity index (χ0v) is 19.1. The first-order chi connectivity index (χ1) is 15.1. The van der Waals surface area contributed by atoms with Crippen LogP contribution < -0.4 is 0 Å². The van der Waals surface area contributed by atoms with Crippen LogP contribution >= 0.6 is 11.6 Å². The van der Waals surface area contributed by atoms with Crippen LogP contribution in [0.2, 0.25) is 5.02 Å². The summed E-state index contributed by atoms with van der Waals surface area (Å²) in [4.78, 5) is 25.0. The smallest absolute Gasteiger partial charge is 0.436 e. The second kappa shape index (κ2) is 7.99. The molecule has 14 heteroatoms. The first-order valence-corrected chi connectivity index (χ1v) is 11.3. The van der Waals surface area contributed by atoms with Crippen molar-refractivity contribution in [1.29, 1.82) is 0 Å². The Morgan fingerprint density at radius 2 is 1.61 bits per heavy atom. The average molecular weight is 505 g/mol. The Morgan fingerprint density at radius 1 is 1.06 bits per heavy atom. The third-order valence-electron chi connectivity index (χ3n) is 4.82. The number of sulfone groups is 1. The number of carboxylic acids is 1. The summed E-state index contributed by atoms with van der Waals surface area (Å²) >= 11 is 6.14. The molecule has 0 aliphatic carbocycles. The Morgan fingerprint density at radius 3 is 2.09 bits per heavy atom. The second-order valence-electron chi connectivity index (χ2n) is 7.17. The molecule has 0 bridgehead atoms. The van der Waals surface area contributed by atoms with E-state index in [0.717, 1.165) is 30.1 Å². The van der Waals surface area contributed by atoms with Crippen molar-refractivity contribution in [3.63, 3.8) is 0 Å². The first-order valence-electron chi connectivity index (χ1n) is 9.01. The third kappa shape index (κ3) is 4.25. The normalized spacial score (nSPS) is 12.2. The van der Waals surface area contributed by atoms with Crippen LogP contribution in [0, 0.1) is 6.92 Å². The summed E-state index contributed by atoms with van der Waals surface area (Å²) < 4.78 is 65.6. The molecule has 176 valence electrons. The molecule has 0 spiro atoms. The van der Waals surface area contributed by atoms with E-state index in [1.807, 2.05) is 0 Å². The van der Waals surface area contributed by atoms with Crippen LogP contribution in [0.1, 0.15) is 37.7 Å². The maximum absolute atomic E-state index is 13.4. The number of alkyl halides is 3. The van der Waals surface area contributed by atoms with Crippen molar-refractivity contribution in [2.75, 3.05) is 6.26 Å². The van der Waals surface area contributed by atoms with Gasteiger partial charge in [0.2, 0.25) is 0 Å². The van der Waals surface area contributed by atoms with Crippen molar-refractivity contribution in [3.8, 4) is 11.4 Å². The van der Waals surface area contributed by atoms with E-state index in [1.165, 1.54) is 20.0 Å². The van der Waals surface area contributed by atoms with Crippen molar-refractivity contribution < 1.29 is 36.3 Å². The standard InChI is InChI=1S/C19H16ClF3N4O5S/c1-8-12(16(28)10-6-5-9(7-11(10)20)33(4,31)32)14(26(2)24-8)15-13(18(29)30)17(19(21,22)23)25-27(15)3/h5-7H,1-4H3,(H,29,30). The van der Waals surface area contributed by atoms with Crippen LogP contribution in [0.5, 0.6) is 0 Å². The van der Waals surface area contributed by atoms with Gasteiger partial charge in [0.15, 0.2) is 21.3 Å². The van der Waals surface area contributed by atoms with Gasteiger partial charge in [-0.25, -0.2) is 13.2 Å². The predicted octanol–water partition coefficient (Wildman–Crippen LogP) is 3.13. The number of carbonyl (C=O) groups is 2. The van der Waals surface area contributed by atoms with Crippen LogP contribution in [0.3, 0.4) is 0 Å². The minimum absolute atomic E-state index is 0.0897. The molecule has 0 aliphatic heterocycles. The molecule has 3 rings (SSSR count). The van der Waals surface area contributed by atoms with Crippen molar-refractivity contribution in [2.45, 2.75) is 18.0 Å². The van der Waals surface area contributed by atoms with E-state index in [0.29, 0.717) is 4.68 Å². The van der Waals surface area contributed by atoms with Crippen molar-refractivity contribution in [2.24, 2.45) is 14.1 Å². The summed E-state index contributed by atoms with van der Waals surface area (Å²) in [6, 6.07) is 3.40. The van der Waals surface area contributed by atoms with E-state index in [9.17, 15) is 36.3 Å². The zero-order valence-electron chi connectivity index (χ0n) is 17.5. The number of carbonyl (C=O) groups excluding carboxylic acids is 1. The number of aromatic carboxylic acids is 1. The number of nitrogens with zero attached hydrogens (tertiary/aromatic N) is 4. The van der Waals surface area contributed by atoms with E-state index in [4.69, 9.17) is 11.6 Å². The molecule has 3 aromatic rings. The minimum atomic E-state index is -5.06. The summed E-state index contributed by atoms with van der Waals surface area (Å²) in [5.74, 6) is -2.68. The van der Waals surface area contributed by atoms with Crippen molar-refractivity contribution in [1.82, 2.24) is 19.6 Å². The molecule has 1 N–H and O–H groups in total. The third-order valence-corrected chi connectivity index (χ3v) is 6.24. The number of hydrogen-bond donors (Lipinski definition) is 1. The zero-order chi connectivity index (χ0) is 25.0. The molecule has 0 saturated heterocycles. The monoisotopic (exact) mass is 504 g/mol. The number of halogens is 4. The van der Waals surface area contributed by atoms with E-state index in [2.05, 4.69) is 10.2 Å². The van der Waals surface area contributed by atoms with Gasteiger partial charge >= 0.3 is 12.1 Å². The van der Waals surface area contributed by atoms with Crippen LogP contribution in [0.25, 0.3) is 11.4 Å². The molecule has 0 aliphatic rings. The number of aryl methyl sites for hydroxylation is 3. The number of benzene rings is 1. The van der Waals surface area contributed by atoms with E-state index < -0.39 is 44.7 Å². The lowest BCUT2D eigenvalue weighted by molar-refractivity contribution is -0.141. The van der Waals surface area contributed by atoms with E-state index in [-0.39, 0.29) is 32.4 Å². The minimum Gasteiger partial charge on any atom is -0.478 e. The summed E-state index contributed by atoms with van der Waals surface area (Å²) in [6.07, 6.45) is -4.11. The lowest BCUT2D eigenvalue weighted by Gasteiger charge is -2.10. The number of hydrogen-bond acceptors (Lipinski definition) is 6.